The molecule has 2 aliphatic heterocycles. The van der Waals surface area contributed by atoms with Crippen molar-refractivity contribution >= 4 is 35.0 Å². The van der Waals surface area contributed by atoms with Gasteiger partial charge >= 0.3 is 0 Å². The Morgan fingerprint density at radius 1 is 0.907 bits per heavy atom. The Hall–Kier alpha value is -5.11. The second-order valence-corrected chi connectivity index (χ2v) is 11.0. The molecule has 8 heteroatoms. The number of fused-ring (bicyclic) bond motifs is 4. The molecule has 0 aliphatic carbocycles. The highest BCUT2D eigenvalue weighted by molar-refractivity contribution is 6.08. The van der Waals surface area contributed by atoms with Crippen molar-refractivity contribution in [3.63, 3.8) is 0 Å². The summed E-state index contributed by atoms with van der Waals surface area (Å²) in [5, 5.41) is 5.97. The van der Waals surface area contributed by atoms with E-state index in [1.165, 1.54) is 6.08 Å². The molecule has 2 unspecified atom stereocenters. The van der Waals surface area contributed by atoms with E-state index in [4.69, 9.17) is 4.74 Å². The molecule has 6 rings (SSSR count). The number of nitrogens with one attached hydrogen (secondary N) is 2. The second kappa shape index (κ2) is 12.4. The molecule has 1 saturated heterocycles. The van der Waals surface area contributed by atoms with Crippen molar-refractivity contribution in [1.82, 2.24) is 4.57 Å². The fourth-order valence-electron chi connectivity index (χ4n) is 6.06. The first-order valence-corrected chi connectivity index (χ1v) is 14.6. The normalized spacial score (nSPS) is 17.3. The smallest absolute Gasteiger partial charge is 0.255 e. The monoisotopic (exact) mass is 574 g/mol. The number of hydrogen-bond acceptors (Lipinski definition) is 5. The van der Waals surface area contributed by atoms with Gasteiger partial charge < -0.3 is 24.8 Å². The predicted molar refractivity (Wildman–Crippen MR) is 170 cm³/mol. The third kappa shape index (κ3) is 6.38. The zero-order valence-corrected chi connectivity index (χ0v) is 24.0. The fraction of sp³-hybridized carbons (Fsp3) is 0.229. The molecular weight excluding hydrogens is 540 g/mol. The summed E-state index contributed by atoms with van der Waals surface area (Å²) in [5.74, 6) is 0.663. The van der Waals surface area contributed by atoms with Crippen molar-refractivity contribution in [2.24, 2.45) is 5.92 Å². The number of hydrogen-bond donors (Lipinski definition) is 2. The van der Waals surface area contributed by atoms with E-state index < -0.39 is 0 Å². The Kier molecular flexibility index (Phi) is 8.09. The molecule has 3 heterocycles. The molecule has 2 bridgehead atoms. The number of carbonyl (C=O) groups is 2. The van der Waals surface area contributed by atoms with Crippen molar-refractivity contribution in [2.75, 3.05) is 35.2 Å². The van der Waals surface area contributed by atoms with Crippen LogP contribution in [0.15, 0.2) is 102 Å². The summed E-state index contributed by atoms with van der Waals surface area (Å²) in [5.41, 5.74) is 4.49. The van der Waals surface area contributed by atoms with Gasteiger partial charge in [0, 0.05) is 54.6 Å². The highest BCUT2D eigenvalue weighted by Gasteiger charge is 2.35. The first-order chi connectivity index (χ1) is 21.0. The molecule has 1 aromatic heterocycles. The Balaban J connectivity index is 1.27. The third-order valence-electron chi connectivity index (χ3n) is 7.99. The lowest BCUT2D eigenvalue weighted by Gasteiger charge is -2.44. The van der Waals surface area contributed by atoms with Gasteiger partial charge in [-0.2, -0.15) is 0 Å². The Labute approximate surface area is 250 Å². The van der Waals surface area contributed by atoms with Crippen LogP contribution in [0.1, 0.15) is 40.9 Å². The van der Waals surface area contributed by atoms with Gasteiger partial charge in [-0.25, -0.2) is 0 Å². The van der Waals surface area contributed by atoms with Gasteiger partial charge in [-0.1, -0.05) is 36.4 Å². The van der Waals surface area contributed by atoms with E-state index in [0.717, 1.165) is 35.7 Å². The van der Waals surface area contributed by atoms with Gasteiger partial charge in [-0.3, -0.25) is 14.4 Å². The molecule has 8 nitrogen and oxygen atoms in total. The van der Waals surface area contributed by atoms with Crippen molar-refractivity contribution < 1.29 is 14.3 Å². The Morgan fingerprint density at radius 3 is 2.51 bits per heavy atom. The zero-order valence-electron chi connectivity index (χ0n) is 24.0. The highest BCUT2D eigenvalue weighted by atomic mass is 16.5. The number of amides is 2. The quantitative estimate of drug-likeness (QED) is 0.261. The number of anilines is 3. The van der Waals surface area contributed by atoms with Crippen LogP contribution >= 0.6 is 0 Å². The highest BCUT2D eigenvalue weighted by Crippen LogP contribution is 2.39. The second-order valence-electron chi connectivity index (χ2n) is 11.0. The van der Waals surface area contributed by atoms with Crippen molar-refractivity contribution in [3.05, 3.63) is 124 Å². The number of carbonyl (C=O) groups excluding carboxylic acids is 2. The molecule has 43 heavy (non-hydrogen) atoms. The number of piperidine rings is 1. The number of ether oxygens (including phenoxy) is 1. The van der Waals surface area contributed by atoms with E-state index in [9.17, 15) is 14.4 Å². The van der Waals surface area contributed by atoms with Crippen LogP contribution in [0.5, 0.6) is 5.75 Å². The van der Waals surface area contributed by atoms with Gasteiger partial charge in [0.1, 0.15) is 5.75 Å². The van der Waals surface area contributed by atoms with E-state index in [0.29, 0.717) is 42.6 Å². The van der Waals surface area contributed by atoms with Gasteiger partial charge in [0.05, 0.1) is 18.0 Å². The summed E-state index contributed by atoms with van der Waals surface area (Å²) in [6.45, 7) is 4.62. The number of aromatic nitrogens is 1. The minimum Gasteiger partial charge on any atom is -0.494 e. The van der Waals surface area contributed by atoms with Crippen molar-refractivity contribution in [3.8, 4) is 5.75 Å². The predicted octanol–water partition coefficient (Wildman–Crippen LogP) is 5.77. The number of nitrogens with zero attached hydrogens (tertiary/aromatic N) is 2. The minimum atomic E-state index is -0.289. The zero-order chi connectivity index (χ0) is 29.8. The summed E-state index contributed by atoms with van der Waals surface area (Å²) in [6, 6.07) is 27.7. The van der Waals surface area contributed by atoms with Crippen molar-refractivity contribution in [2.45, 2.75) is 25.8 Å². The van der Waals surface area contributed by atoms with Crippen LogP contribution in [0, 0.1) is 5.92 Å². The van der Waals surface area contributed by atoms with E-state index in [-0.39, 0.29) is 23.3 Å². The summed E-state index contributed by atoms with van der Waals surface area (Å²) in [7, 11) is 0. The molecule has 4 aromatic rings. The molecule has 1 fully saturated rings. The van der Waals surface area contributed by atoms with Crippen LogP contribution in [0.25, 0.3) is 6.08 Å². The summed E-state index contributed by atoms with van der Waals surface area (Å²) in [4.78, 5) is 41.2. The largest absolute Gasteiger partial charge is 0.494 e. The van der Waals surface area contributed by atoms with Crippen LogP contribution in [-0.2, 0) is 11.3 Å². The Bertz CT molecular complexity index is 1710. The lowest BCUT2D eigenvalue weighted by atomic mass is 9.83. The maximum atomic E-state index is 13.3. The van der Waals surface area contributed by atoms with E-state index >= 15 is 0 Å². The molecule has 2 aliphatic rings. The first kappa shape index (κ1) is 28.0. The van der Waals surface area contributed by atoms with Crippen LogP contribution in [0.4, 0.5) is 17.1 Å². The molecular formula is C35H34N4O4. The minimum absolute atomic E-state index is 0.0432. The van der Waals surface area contributed by atoms with Crippen LogP contribution in [0.3, 0.4) is 0 Å². The lowest BCUT2D eigenvalue weighted by Crippen LogP contribution is -2.47. The fourth-order valence-corrected chi connectivity index (χ4v) is 6.06. The standard InChI is InChI=1S/C35H34N4O4/c1-2-43-29-15-13-28(14-16-29)36-35(42)26-12-17-32(30(20-26)37-33(40)18-11-24-7-4-3-5-8-24)38-21-25-19-27(23-38)31-9-6-10-34(41)39(31)22-25/h3-18,20,25,27H,2,19,21-23H2,1H3,(H,36,42)(H,37,40)/b18-11+. The lowest BCUT2D eigenvalue weighted by molar-refractivity contribution is -0.111. The average Bonchev–Trinajstić information content (AvgIpc) is 3.02. The molecule has 2 N–H and O–H groups in total. The van der Waals surface area contributed by atoms with E-state index in [1.54, 1.807) is 36.4 Å². The molecule has 2 amide bonds. The van der Waals surface area contributed by atoms with Gasteiger partial charge in [-0.05, 0) is 79.4 Å². The Morgan fingerprint density at radius 2 is 1.72 bits per heavy atom. The summed E-state index contributed by atoms with van der Waals surface area (Å²) >= 11 is 0. The SMILES string of the molecule is CCOc1ccc(NC(=O)c2ccc(N3CC4CC(C3)c3cccc(=O)n3C4)c(NC(=O)/C=C/c3ccccc3)c2)cc1. The van der Waals surface area contributed by atoms with Gasteiger partial charge in [-0.15, -0.1) is 0 Å². The average molecular weight is 575 g/mol. The topological polar surface area (TPSA) is 92.7 Å². The number of pyridine rings is 1. The summed E-state index contributed by atoms with van der Waals surface area (Å²) < 4.78 is 7.40. The van der Waals surface area contributed by atoms with Crippen LogP contribution in [-0.4, -0.2) is 36.1 Å². The van der Waals surface area contributed by atoms with Gasteiger partial charge in [0.2, 0.25) is 5.91 Å². The van der Waals surface area contributed by atoms with Crippen LogP contribution < -0.4 is 25.8 Å². The molecule has 0 radical (unpaired) electrons. The van der Waals surface area contributed by atoms with E-state index in [2.05, 4.69) is 15.5 Å². The van der Waals surface area contributed by atoms with E-state index in [1.807, 2.05) is 72.2 Å². The van der Waals surface area contributed by atoms with Crippen molar-refractivity contribution in [1.29, 1.82) is 0 Å². The van der Waals surface area contributed by atoms with Crippen LogP contribution in [0.2, 0.25) is 0 Å². The molecule has 3 aromatic carbocycles. The molecule has 218 valence electrons. The molecule has 0 saturated carbocycles. The maximum Gasteiger partial charge on any atom is 0.255 e. The van der Waals surface area contributed by atoms with Gasteiger partial charge in [0.15, 0.2) is 0 Å². The maximum absolute atomic E-state index is 13.3. The third-order valence-corrected chi connectivity index (χ3v) is 7.99. The number of rotatable bonds is 8. The molecule has 2 atom stereocenters. The summed E-state index contributed by atoms with van der Waals surface area (Å²) in [6.07, 6.45) is 4.28. The van der Waals surface area contributed by atoms with Gasteiger partial charge in [0.25, 0.3) is 11.5 Å². The first-order valence-electron chi connectivity index (χ1n) is 14.6. The number of benzene rings is 3. The molecule has 0 spiro atoms.